The molecule has 7 nitrogen and oxygen atoms in total. The third-order valence-corrected chi connectivity index (χ3v) is 6.15. The van der Waals surface area contributed by atoms with Crippen molar-refractivity contribution in [1.82, 2.24) is 4.90 Å². The highest BCUT2D eigenvalue weighted by atomic mass is 16.5. The van der Waals surface area contributed by atoms with Gasteiger partial charge >= 0.3 is 6.03 Å². The number of ether oxygens (including phenoxy) is 1. The van der Waals surface area contributed by atoms with Crippen molar-refractivity contribution in [2.45, 2.75) is 39.3 Å². The largest absolute Gasteiger partial charge is 0.497 e. The summed E-state index contributed by atoms with van der Waals surface area (Å²) in [5, 5.41) is 2.85. The number of imide groups is 1. The Labute approximate surface area is 205 Å². The number of hydrogen-bond donors (Lipinski definition) is 1. The highest BCUT2D eigenvalue weighted by molar-refractivity contribution is 6.22. The predicted molar refractivity (Wildman–Crippen MR) is 135 cm³/mol. The zero-order chi connectivity index (χ0) is 24.9. The standard InChI is InChI=1S/C28H29N3O4/c1-4-20-7-11-22(12-8-20)29-26(32)17-25-27(33)31(23-13-5-19(2)6-14-23)28(34)30(25)18-21-9-15-24(35-3)16-10-21/h5-16,25H,4,17-18H2,1-3H3,(H,29,32)/t25-/m1/s1. The first-order valence-electron chi connectivity index (χ1n) is 11.6. The molecule has 0 aromatic heterocycles. The Bertz CT molecular complexity index is 1200. The molecule has 0 radical (unpaired) electrons. The highest BCUT2D eigenvalue weighted by Gasteiger charge is 2.46. The molecule has 3 aromatic carbocycles. The van der Waals surface area contributed by atoms with Gasteiger partial charge in [-0.05, 0) is 60.9 Å². The first kappa shape index (κ1) is 24.0. The minimum absolute atomic E-state index is 0.140. The maximum atomic E-state index is 13.4. The molecule has 1 atom stereocenters. The van der Waals surface area contributed by atoms with Gasteiger partial charge in [0, 0.05) is 12.2 Å². The summed E-state index contributed by atoms with van der Waals surface area (Å²) in [5.74, 6) is -0.0430. The quantitative estimate of drug-likeness (QED) is 0.473. The summed E-state index contributed by atoms with van der Waals surface area (Å²) in [6.07, 6.45) is 0.765. The van der Waals surface area contributed by atoms with Crippen LogP contribution in [-0.4, -0.2) is 35.9 Å². The van der Waals surface area contributed by atoms with Crippen LogP contribution >= 0.6 is 0 Å². The Morgan fingerprint density at radius 2 is 1.54 bits per heavy atom. The maximum Gasteiger partial charge on any atom is 0.332 e. The number of nitrogens with zero attached hydrogens (tertiary/aromatic N) is 2. The van der Waals surface area contributed by atoms with Gasteiger partial charge in [-0.3, -0.25) is 9.59 Å². The van der Waals surface area contributed by atoms with Gasteiger partial charge in [0.05, 0.1) is 19.2 Å². The molecule has 7 heteroatoms. The number of amides is 4. The van der Waals surface area contributed by atoms with Gasteiger partial charge in [-0.1, -0.05) is 48.9 Å². The molecule has 1 fully saturated rings. The number of hydrogen-bond acceptors (Lipinski definition) is 4. The second-order valence-corrected chi connectivity index (χ2v) is 8.59. The van der Waals surface area contributed by atoms with Gasteiger partial charge in [-0.15, -0.1) is 0 Å². The highest BCUT2D eigenvalue weighted by Crippen LogP contribution is 2.29. The number of methoxy groups -OCH3 is 1. The first-order chi connectivity index (χ1) is 16.9. The van der Waals surface area contributed by atoms with Gasteiger partial charge in [-0.2, -0.15) is 0 Å². The summed E-state index contributed by atoms with van der Waals surface area (Å²) in [6.45, 7) is 4.20. The molecular weight excluding hydrogens is 442 g/mol. The molecule has 4 amide bonds. The van der Waals surface area contributed by atoms with E-state index in [1.54, 1.807) is 31.4 Å². The number of anilines is 2. The maximum absolute atomic E-state index is 13.4. The van der Waals surface area contributed by atoms with Crippen LogP contribution in [0, 0.1) is 6.92 Å². The molecule has 1 heterocycles. The number of benzene rings is 3. The van der Waals surface area contributed by atoms with Crippen molar-refractivity contribution in [3.05, 3.63) is 89.5 Å². The molecule has 0 unspecified atom stereocenters. The normalized spacial score (nSPS) is 15.5. The Morgan fingerprint density at radius 3 is 2.14 bits per heavy atom. The average molecular weight is 472 g/mol. The minimum atomic E-state index is -0.916. The molecule has 35 heavy (non-hydrogen) atoms. The van der Waals surface area contributed by atoms with E-state index in [1.807, 2.05) is 55.5 Å². The van der Waals surface area contributed by atoms with E-state index < -0.39 is 18.0 Å². The average Bonchev–Trinajstić information content (AvgIpc) is 3.09. The second-order valence-electron chi connectivity index (χ2n) is 8.59. The molecule has 0 spiro atoms. The van der Waals surface area contributed by atoms with E-state index in [2.05, 4.69) is 12.2 Å². The van der Waals surface area contributed by atoms with Crippen LogP contribution in [0.5, 0.6) is 5.75 Å². The molecular formula is C28H29N3O4. The van der Waals surface area contributed by atoms with Gasteiger partial charge in [0.2, 0.25) is 5.91 Å². The number of nitrogens with one attached hydrogen (secondary N) is 1. The number of carbonyl (C=O) groups is 3. The van der Waals surface area contributed by atoms with Crippen LogP contribution in [0.1, 0.15) is 30.0 Å². The van der Waals surface area contributed by atoms with Crippen LogP contribution in [0.15, 0.2) is 72.8 Å². The van der Waals surface area contributed by atoms with Crippen LogP contribution in [0.2, 0.25) is 0 Å². The summed E-state index contributed by atoms with van der Waals surface area (Å²) in [5.41, 5.74) is 4.16. The lowest BCUT2D eigenvalue weighted by atomic mass is 10.1. The summed E-state index contributed by atoms with van der Waals surface area (Å²) >= 11 is 0. The van der Waals surface area contributed by atoms with Crippen molar-refractivity contribution in [2.75, 3.05) is 17.3 Å². The van der Waals surface area contributed by atoms with Gasteiger partial charge in [0.15, 0.2) is 0 Å². The van der Waals surface area contributed by atoms with Gasteiger partial charge in [0.1, 0.15) is 11.8 Å². The fourth-order valence-corrected chi connectivity index (χ4v) is 4.08. The molecule has 0 aliphatic carbocycles. The van der Waals surface area contributed by atoms with Gasteiger partial charge < -0.3 is 15.0 Å². The Kier molecular flexibility index (Phi) is 7.15. The van der Waals surface area contributed by atoms with E-state index in [4.69, 9.17) is 4.74 Å². The monoisotopic (exact) mass is 471 g/mol. The Hall–Kier alpha value is -4.13. The number of aryl methyl sites for hydroxylation is 2. The van der Waals surface area contributed by atoms with Crippen molar-refractivity contribution in [3.8, 4) is 5.75 Å². The molecule has 0 bridgehead atoms. The zero-order valence-electron chi connectivity index (χ0n) is 20.2. The number of carbonyl (C=O) groups excluding carboxylic acids is 3. The lowest BCUT2D eigenvalue weighted by molar-refractivity contribution is -0.124. The topological polar surface area (TPSA) is 79.0 Å². The Morgan fingerprint density at radius 1 is 0.914 bits per heavy atom. The fourth-order valence-electron chi connectivity index (χ4n) is 4.08. The molecule has 1 N–H and O–H groups in total. The van der Waals surface area contributed by atoms with Crippen LogP contribution in [0.4, 0.5) is 16.2 Å². The summed E-state index contributed by atoms with van der Waals surface area (Å²) in [4.78, 5) is 42.4. The van der Waals surface area contributed by atoms with Crippen LogP contribution in [0.3, 0.4) is 0 Å². The third kappa shape index (κ3) is 5.35. The minimum Gasteiger partial charge on any atom is -0.497 e. The van der Waals surface area contributed by atoms with Crippen LogP contribution in [0.25, 0.3) is 0 Å². The van der Waals surface area contributed by atoms with E-state index >= 15 is 0 Å². The number of urea groups is 1. The van der Waals surface area contributed by atoms with E-state index in [9.17, 15) is 14.4 Å². The van der Waals surface area contributed by atoms with E-state index in [0.717, 1.165) is 22.4 Å². The zero-order valence-corrected chi connectivity index (χ0v) is 20.2. The van der Waals surface area contributed by atoms with Crippen LogP contribution < -0.4 is 15.0 Å². The van der Waals surface area contributed by atoms with Crippen molar-refractivity contribution in [1.29, 1.82) is 0 Å². The molecule has 1 aliphatic rings. The van der Waals surface area contributed by atoms with E-state index in [1.165, 1.54) is 10.5 Å². The SMILES string of the molecule is CCc1ccc(NC(=O)C[C@@H]2C(=O)N(c3ccc(C)cc3)C(=O)N2Cc2ccc(OC)cc2)cc1. The fraction of sp³-hybridized carbons (Fsp3) is 0.250. The lowest BCUT2D eigenvalue weighted by Gasteiger charge is -2.22. The summed E-state index contributed by atoms with van der Waals surface area (Å²) in [6, 6.07) is 20.7. The number of rotatable bonds is 8. The van der Waals surface area contributed by atoms with Crippen molar-refractivity contribution >= 4 is 29.2 Å². The third-order valence-electron chi connectivity index (χ3n) is 6.15. The summed E-state index contributed by atoms with van der Waals surface area (Å²) < 4.78 is 5.21. The van der Waals surface area contributed by atoms with Crippen molar-refractivity contribution in [2.24, 2.45) is 0 Å². The lowest BCUT2D eigenvalue weighted by Crippen LogP contribution is -2.37. The van der Waals surface area contributed by atoms with E-state index in [-0.39, 0.29) is 18.9 Å². The van der Waals surface area contributed by atoms with E-state index in [0.29, 0.717) is 17.1 Å². The molecule has 180 valence electrons. The molecule has 1 aliphatic heterocycles. The van der Waals surface area contributed by atoms with Gasteiger partial charge in [-0.25, -0.2) is 9.69 Å². The Balaban J connectivity index is 1.58. The van der Waals surface area contributed by atoms with Crippen molar-refractivity contribution in [3.63, 3.8) is 0 Å². The predicted octanol–water partition coefficient (Wildman–Crippen LogP) is 4.93. The molecule has 0 saturated carbocycles. The molecule has 4 rings (SSSR count). The van der Waals surface area contributed by atoms with Crippen molar-refractivity contribution < 1.29 is 19.1 Å². The molecule has 3 aromatic rings. The van der Waals surface area contributed by atoms with Gasteiger partial charge in [0.25, 0.3) is 5.91 Å². The smallest absolute Gasteiger partial charge is 0.332 e. The molecule has 1 saturated heterocycles. The first-order valence-corrected chi connectivity index (χ1v) is 11.6. The van der Waals surface area contributed by atoms with Crippen LogP contribution in [-0.2, 0) is 22.6 Å². The second kappa shape index (κ2) is 10.4. The summed E-state index contributed by atoms with van der Waals surface area (Å²) in [7, 11) is 1.58.